The number of hydrogen-bond acceptors (Lipinski definition) is 4. The maximum absolute atomic E-state index is 5.27. The van der Waals surface area contributed by atoms with Gasteiger partial charge in [-0.25, -0.2) is 4.98 Å². The van der Waals surface area contributed by atoms with Gasteiger partial charge in [0.25, 0.3) is 0 Å². The SMILES string of the molecule is CCCNc1ncc(-c2ccc(OC)c(C)c2)s1. The van der Waals surface area contributed by atoms with Gasteiger partial charge in [0.05, 0.1) is 12.0 Å². The van der Waals surface area contributed by atoms with E-state index in [0.29, 0.717) is 0 Å². The summed E-state index contributed by atoms with van der Waals surface area (Å²) in [5.74, 6) is 0.924. The number of rotatable bonds is 5. The summed E-state index contributed by atoms with van der Waals surface area (Å²) in [6, 6.07) is 6.21. The summed E-state index contributed by atoms with van der Waals surface area (Å²) in [4.78, 5) is 5.56. The lowest BCUT2D eigenvalue weighted by molar-refractivity contribution is 0.412. The number of nitrogens with one attached hydrogen (secondary N) is 1. The number of benzene rings is 1. The van der Waals surface area contributed by atoms with Crippen LogP contribution in [0.1, 0.15) is 18.9 Å². The number of anilines is 1. The van der Waals surface area contributed by atoms with Crippen LogP contribution in [0.3, 0.4) is 0 Å². The second kappa shape index (κ2) is 5.87. The van der Waals surface area contributed by atoms with Crippen molar-refractivity contribution in [1.29, 1.82) is 0 Å². The van der Waals surface area contributed by atoms with E-state index in [2.05, 4.69) is 36.3 Å². The first kappa shape index (κ1) is 12.9. The Balaban J connectivity index is 2.20. The van der Waals surface area contributed by atoms with Crippen molar-refractivity contribution in [1.82, 2.24) is 4.98 Å². The molecule has 0 fully saturated rings. The molecule has 96 valence electrons. The Kier molecular flexibility index (Phi) is 4.20. The molecule has 0 amide bonds. The monoisotopic (exact) mass is 262 g/mol. The number of nitrogens with zero attached hydrogens (tertiary/aromatic N) is 1. The Labute approximate surface area is 112 Å². The molecule has 4 heteroatoms. The summed E-state index contributed by atoms with van der Waals surface area (Å²) in [6.45, 7) is 5.17. The fourth-order valence-electron chi connectivity index (χ4n) is 1.75. The average Bonchev–Trinajstić information content (AvgIpc) is 2.85. The zero-order valence-corrected chi connectivity index (χ0v) is 11.8. The second-order valence-corrected chi connectivity index (χ2v) is 5.17. The smallest absolute Gasteiger partial charge is 0.183 e. The van der Waals surface area contributed by atoms with Crippen LogP contribution in [0.5, 0.6) is 5.75 Å². The van der Waals surface area contributed by atoms with Gasteiger partial charge in [-0.1, -0.05) is 18.3 Å². The van der Waals surface area contributed by atoms with Crippen LogP contribution in [0.15, 0.2) is 24.4 Å². The molecule has 0 atom stereocenters. The number of aromatic nitrogens is 1. The number of aryl methyl sites for hydroxylation is 1. The van der Waals surface area contributed by atoms with Crippen LogP contribution in [0.4, 0.5) is 5.13 Å². The Bertz CT molecular complexity index is 522. The van der Waals surface area contributed by atoms with Crippen molar-refractivity contribution in [3.63, 3.8) is 0 Å². The standard InChI is InChI=1S/C14H18N2OS/c1-4-7-15-14-16-9-13(18-14)11-5-6-12(17-3)10(2)8-11/h5-6,8-9H,4,7H2,1-3H3,(H,15,16). The van der Waals surface area contributed by atoms with Gasteiger partial charge in [0.1, 0.15) is 5.75 Å². The van der Waals surface area contributed by atoms with Crippen molar-refractivity contribution < 1.29 is 4.74 Å². The normalized spacial score (nSPS) is 10.4. The second-order valence-electron chi connectivity index (χ2n) is 4.14. The molecule has 0 unspecified atom stereocenters. The average molecular weight is 262 g/mol. The molecule has 0 saturated heterocycles. The molecule has 2 rings (SSSR count). The van der Waals surface area contributed by atoms with Crippen molar-refractivity contribution in [2.45, 2.75) is 20.3 Å². The van der Waals surface area contributed by atoms with E-state index >= 15 is 0 Å². The lowest BCUT2D eigenvalue weighted by atomic mass is 10.1. The van der Waals surface area contributed by atoms with Gasteiger partial charge < -0.3 is 10.1 Å². The highest BCUT2D eigenvalue weighted by Crippen LogP contribution is 2.31. The predicted molar refractivity (Wildman–Crippen MR) is 77.6 cm³/mol. The summed E-state index contributed by atoms with van der Waals surface area (Å²) in [7, 11) is 1.70. The molecule has 2 aromatic rings. The van der Waals surface area contributed by atoms with Crippen molar-refractivity contribution in [2.24, 2.45) is 0 Å². The van der Waals surface area contributed by atoms with E-state index in [9.17, 15) is 0 Å². The highest BCUT2D eigenvalue weighted by molar-refractivity contribution is 7.18. The number of ether oxygens (including phenoxy) is 1. The van der Waals surface area contributed by atoms with Gasteiger partial charge in [-0.3, -0.25) is 0 Å². The van der Waals surface area contributed by atoms with Crippen molar-refractivity contribution >= 4 is 16.5 Å². The highest BCUT2D eigenvalue weighted by Gasteiger charge is 2.06. The molecule has 0 aliphatic carbocycles. The molecule has 1 N–H and O–H groups in total. The quantitative estimate of drug-likeness (QED) is 0.886. The Hall–Kier alpha value is -1.55. The van der Waals surface area contributed by atoms with Crippen molar-refractivity contribution in [3.8, 4) is 16.2 Å². The molecular weight excluding hydrogens is 244 g/mol. The van der Waals surface area contributed by atoms with Crippen molar-refractivity contribution in [3.05, 3.63) is 30.0 Å². The largest absolute Gasteiger partial charge is 0.496 e. The fraction of sp³-hybridized carbons (Fsp3) is 0.357. The van der Waals surface area contributed by atoms with Gasteiger partial charge >= 0.3 is 0 Å². The van der Waals surface area contributed by atoms with Gasteiger partial charge in [-0.05, 0) is 42.7 Å². The predicted octanol–water partition coefficient (Wildman–Crippen LogP) is 3.95. The minimum atomic E-state index is 0.924. The van der Waals surface area contributed by atoms with E-state index in [1.807, 2.05) is 12.3 Å². The molecule has 1 heterocycles. The van der Waals surface area contributed by atoms with E-state index in [4.69, 9.17) is 4.74 Å². The van der Waals surface area contributed by atoms with E-state index in [0.717, 1.165) is 29.4 Å². The minimum absolute atomic E-state index is 0.924. The maximum Gasteiger partial charge on any atom is 0.183 e. The molecule has 0 aliphatic rings. The van der Waals surface area contributed by atoms with Gasteiger partial charge in [0, 0.05) is 12.7 Å². The summed E-state index contributed by atoms with van der Waals surface area (Å²) in [5, 5.41) is 4.29. The maximum atomic E-state index is 5.27. The van der Waals surface area contributed by atoms with Crippen LogP contribution in [0.25, 0.3) is 10.4 Å². The number of methoxy groups -OCH3 is 1. The van der Waals surface area contributed by atoms with Crippen LogP contribution in [0, 0.1) is 6.92 Å². The van der Waals surface area contributed by atoms with Crippen LogP contribution >= 0.6 is 11.3 Å². The molecule has 0 saturated carbocycles. The molecule has 18 heavy (non-hydrogen) atoms. The van der Waals surface area contributed by atoms with E-state index in [1.54, 1.807) is 18.4 Å². The molecule has 0 aliphatic heterocycles. The van der Waals surface area contributed by atoms with Gasteiger partial charge in [0.2, 0.25) is 0 Å². The Morgan fingerprint density at radius 2 is 2.22 bits per heavy atom. The summed E-state index contributed by atoms with van der Waals surface area (Å²) in [5.41, 5.74) is 2.34. The van der Waals surface area contributed by atoms with E-state index < -0.39 is 0 Å². The third-order valence-electron chi connectivity index (χ3n) is 2.71. The van der Waals surface area contributed by atoms with E-state index in [1.165, 1.54) is 10.4 Å². The summed E-state index contributed by atoms with van der Waals surface area (Å²) in [6.07, 6.45) is 3.03. The molecular formula is C14H18N2OS. The minimum Gasteiger partial charge on any atom is -0.496 e. The molecule has 3 nitrogen and oxygen atoms in total. The summed E-state index contributed by atoms with van der Waals surface area (Å²) >= 11 is 1.69. The van der Waals surface area contributed by atoms with Crippen LogP contribution < -0.4 is 10.1 Å². The van der Waals surface area contributed by atoms with Gasteiger partial charge in [0.15, 0.2) is 5.13 Å². The lowest BCUT2D eigenvalue weighted by Gasteiger charge is -2.05. The summed E-state index contributed by atoms with van der Waals surface area (Å²) < 4.78 is 5.27. The number of hydrogen-bond donors (Lipinski definition) is 1. The van der Waals surface area contributed by atoms with Gasteiger partial charge in [-0.15, -0.1) is 0 Å². The fourth-order valence-corrected chi connectivity index (χ4v) is 2.59. The first-order chi connectivity index (χ1) is 8.74. The zero-order valence-electron chi connectivity index (χ0n) is 11.0. The van der Waals surface area contributed by atoms with Crippen LogP contribution in [-0.2, 0) is 0 Å². The lowest BCUT2D eigenvalue weighted by Crippen LogP contribution is -1.97. The van der Waals surface area contributed by atoms with E-state index in [-0.39, 0.29) is 0 Å². The molecule has 0 bridgehead atoms. The van der Waals surface area contributed by atoms with Gasteiger partial charge in [-0.2, -0.15) is 0 Å². The topological polar surface area (TPSA) is 34.2 Å². The Morgan fingerprint density at radius 3 is 2.89 bits per heavy atom. The molecule has 1 aromatic carbocycles. The third kappa shape index (κ3) is 2.82. The first-order valence-electron chi connectivity index (χ1n) is 6.09. The van der Waals surface area contributed by atoms with Crippen LogP contribution in [-0.4, -0.2) is 18.6 Å². The number of thiazole rings is 1. The van der Waals surface area contributed by atoms with Crippen molar-refractivity contribution in [2.75, 3.05) is 19.0 Å². The third-order valence-corrected chi connectivity index (χ3v) is 3.72. The molecule has 0 spiro atoms. The molecule has 1 aromatic heterocycles. The first-order valence-corrected chi connectivity index (χ1v) is 6.91. The highest BCUT2D eigenvalue weighted by atomic mass is 32.1. The van der Waals surface area contributed by atoms with Crippen LogP contribution in [0.2, 0.25) is 0 Å². The zero-order chi connectivity index (χ0) is 13.0. The molecule has 0 radical (unpaired) electrons. The Morgan fingerprint density at radius 1 is 1.39 bits per heavy atom.